The van der Waals surface area contributed by atoms with Crippen LogP contribution in [0.25, 0.3) is 0 Å². The van der Waals surface area contributed by atoms with Crippen LogP contribution in [-0.2, 0) is 22.7 Å². The topological polar surface area (TPSA) is 105 Å². The Balaban J connectivity index is 1.14. The summed E-state index contributed by atoms with van der Waals surface area (Å²) in [6.45, 7) is 2.94. The molecule has 2 aromatic rings. The quantitative estimate of drug-likeness (QED) is 0.662. The minimum Gasteiger partial charge on any atom is -0.487 e. The number of ether oxygens (including phenoxy) is 1. The van der Waals surface area contributed by atoms with Crippen molar-refractivity contribution in [2.24, 2.45) is 5.73 Å². The lowest BCUT2D eigenvalue weighted by molar-refractivity contribution is -0.136. The van der Waals surface area contributed by atoms with Gasteiger partial charge < -0.3 is 15.4 Å². The third-order valence-corrected chi connectivity index (χ3v) is 8.08. The Hall–Kier alpha value is -3.23. The van der Waals surface area contributed by atoms with E-state index in [-0.39, 0.29) is 35.8 Å². The van der Waals surface area contributed by atoms with Crippen molar-refractivity contribution in [1.29, 1.82) is 0 Å². The summed E-state index contributed by atoms with van der Waals surface area (Å²) in [5.74, 6) is 0.132. The number of carbonyl (C=O) groups is 3. The Morgan fingerprint density at radius 1 is 1.06 bits per heavy atom. The third-order valence-electron chi connectivity index (χ3n) is 8.08. The normalized spacial score (nSPS) is 25.7. The van der Waals surface area contributed by atoms with Crippen molar-refractivity contribution >= 4 is 17.7 Å². The number of hydrogen-bond acceptors (Lipinski definition) is 6. The van der Waals surface area contributed by atoms with Gasteiger partial charge in [0.15, 0.2) is 0 Å². The van der Waals surface area contributed by atoms with Gasteiger partial charge in [0.2, 0.25) is 11.8 Å². The van der Waals surface area contributed by atoms with Crippen LogP contribution in [0, 0.1) is 0 Å². The van der Waals surface area contributed by atoms with Crippen LogP contribution in [0.2, 0.25) is 0 Å². The second-order valence-corrected chi connectivity index (χ2v) is 10.3. The van der Waals surface area contributed by atoms with E-state index in [1.54, 1.807) is 4.90 Å². The maximum absolute atomic E-state index is 13.1. The first-order valence-corrected chi connectivity index (χ1v) is 12.4. The van der Waals surface area contributed by atoms with Crippen LogP contribution in [0.1, 0.15) is 65.2 Å². The van der Waals surface area contributed by atoms with E-state index in [4.69, 9.17) is 10.5 Å². The van der Waals surface area contributed by atoms with Crippen LogP contribution < -0.4 is 15.8 Å². The van der Waals surface area contributed by atoms with E-state index in [0.29, 0.717) is 18.5 Å². The molecule has 2 atom stereocenters. The molecule has 0 bridgehead atoms. The maximum atomic E-state index is 13.1. The molecule has 2 unspecified atom stereocenters. The van der Waals surface area contributed by atoms with Crippen LogP contribution in [-0.4, -0.2) is 52.3 Å². The molecular weight excluding hydrogens is 444 g/mol. The smallest absolute Gasteiger partial charge is 0.255 e. The minimum atomic E-state index is -0.592. The molecule has 3 amide bonds. The first-order chi connectivity index (χ1) is 16.9. The zero-order valence-electron chi connectivity index (χ0n) is 19.7. The largest absolute Gasteiger partial charge is 0.487 e. The molecule has 4 heterocycles. The highest BCUT2D eigenvalue weighted by Gasteiger charge is 2.43. The number of nitrogens with zero attached hydrogens (tertiary/aromatic N) is 2. The summed E-state index contributed by atoms with van der Waals surface area (Å²) >= 11 is 0. The molecule has 8 nitrogen and oxygen atoms in total. The number of hydrogen-bond donors (Lipinski definition) is 2. The van der Waals surface area contributed by atoms with Gasteiger partial charge in [-0.2, -0.15) is 0 Å². The predicted octanol–water partition coefficient (Wildman–Crippen LogP) is 2.26. The van der Waals surface area contributed by atoms with E-state index in [2.05, 4.69) is 22.3 Å². The fourth-order valence-corrected chi connectivity index (χ4v) is 6.13. The minimum absolute atomic E-state index is 0.00632. The van der Waals surface area contributed by atoms with Gasteiger partial charge in [-0.15, -0.1) is 0 Å². The van der Waals surface area contributed by atoms with Crippen LogP contribution in [0.15, 0.2) is 42.5 Å². The van der Waals surface area contributed by atoms with Gasteiger partial charge in [0.25, 0.3) is 5.91 Å². The van der Waals surface area contributed by atoms with Gasteiger partial charge in [-0.3, -0.25) is 24.6 Å². The van der Waals surface area contributed by atoms with Crippen molar-refractivity contribution in [3.63, 3.8) is 0 Å². The number of nitrogens with two attached hydrogens (primary N) is 1. The molecule has 3 N–H and O–H groups in total. The van der Waals surface area contributed by atoms with E-state index < -0.39 is 6.04 Å². The second kappa shape index (κ2) is 8.46. The Bertz CT molecular complexity index is 1200. The summed E-state index contributed by atoms with van der Waals surface area (Å²) in [6, 6.07) is 13.3. The summed E-state index contributed by atoms with van der Waals surface area (Å²) in [7, 11) is 0. The Labute approximate surface area is 204 Å². The van der Waals surface area contributed by atoms with E-state index in [1.165, 1.54) is 0 Å². The Morgan fingerprint density at radius 2 is 1.86 bits per heavy atom. The summed E-state index contributed by atoms with van der Waals surface area (Å²) in [6.07, 6.45) is 3.28. The summed E-state index contributed by atoms with van der Waals surface area (Å²) < 4.78 is 6.50. The number of amides is 3. The fourth-order valence-electron chi connectivity index (χ4n) is 6.13. The molecule has 0 aromatic heterocycles. The van der Waals surface area contributed by atoms with Gasteiger partial charge in [0, 0.05) is 56.2 Å². The summed E-state index contributed by atoms with van der Waals surface area (Å²) in [5, 5.41) is 2.37. The lowest BCUT2D eigenvalue weighted by atomic mass is 9.81. The van der Waals surface area contributed by atoms with E-state index in [1.807, 2.05) is 30.3 Å². The van der Waals surface area contributed by atoms with Gasteiger partial charge in [-0.1, -0.05) is 30.3 Å². The molecule has 0 aliphatic carbocycles. The molecule has 4 aliphatic rings. The molecule has 2 saturated heterocycles. The lowest BCUT2D eigenvalue weighted by Gasteiger charge is -2.46. The molecule has 182 valence electrons. The molecule has 35 heavy (non-hydrogen) atoms. The van der Waals surface area contributed by atoms with Crippen LogP contribution in [0.4, 0.5) is 0 Å². The molecule has 0 saturated carbocycles. The molecular formula is C27H30N4O4. The number of benzene rings is 2. The highest BCUT2D eigenvalue weighted by atomic mass is 16.5. The van der Waals surface area contributed by atoms with E-state index >= 15 is 0 Å². The number of likely N-dealkylation sites (tertiary alicyclic amines) is 1. The molecule has 2 aromatic carbocycles. The summed E-state index contributed by atoms with van der Waals surface area (Å²) in [4.78, 5) is 41.1. The number of fused-ring (bicyclic) bond motifs is 2. The average Bonchev–Trinajstić information content (AvgIpc) is 3.18. The van der Waals surface area contributed by atoms with Gasteiger partial charge in [0.1, 0.15) is 17.4 Å². The molecule has 4 aliphatic heterocycles. The SMILES string of the molecule is NC1CC2(CCN(Cc3cccc4c3CN(C3CCC(=O)NC3=O)C4=O)CC2)Oc2ccccc21. The van der Waals surface area contributed by atoms with Crippen molar-refractivity contribution in [3.8, 4) is 5.75 Å². The van der Waals surface area contributed by atoms with Crippen molar-refractivity contribution in [1.82, 2.24) is 15.1 Å². The zero-order valence-corrected chi connectivity index (χ0v) is 19.7. The monoisotopic (exact) mass is 474 g/mol. The molecule has 0 radical (unpaired) electrons. The van der Waals surface area contributed by atoms with Gasteiger partial charge in [-0.25, -0.2) is 0 Å². The van der Waals surface area contributed by atoms with E-state index in [0.717, 1.165) is 61.3 Å². The first kappa shape index (κ1) is 22.2. The van der Waals surface area contributed by atoms with Crippen molar-refractivity contribution in [2.75, 3.05) is 13.1 Å². The zero-order chi connectivity index (χ0) is 24.2. The van der Waals surface area contributed by atoms with Gasteiger partial charge in [0.05, 0.1) is 0 Å². The number of para-hydroxylation sites is 1. The van der Waals surface area contributed by atoms with Crippen LogP contribution in [0.5, 0.6) is 5.75 Å². The van der Waals surface area contributed by atoms with Gasteiger partial charge in [-0.05, 0) is 42.5 Å². The van der Waals surface area contributed by atoms with E-state index in [9.17, 15) is 14.4 Å². The summed E-state index contributed by atoms with van der Waals surface area (Å²) in [5.41, 5.74) is 10.1. The van der Waals surface area contributed by atoms with Crippen LogP contribution in [0.3, 0.4) is 0 Å². The van der Waals surface area contributed by atoms with Crippen molar-refractivity contribution in [2.45, 2.75) is 62.9 Å². The number of nitrogens with one attached hydrogen (secondary N) is 1. The standard InChI is InChI=1S/C27H30N4O4/c28-21-14-27(35-23-7-2-1-5-19(21)23)10-12-30(13-11-27)15-17-4-3-6-18-20(17)16-31(26(18)34)22-8-9-24(32)29-25(22)33/h1-7,21-22H,8-16,28H2,(H,29,32,33). The number of rotatable bonds is 3. The third kappa shape index (κ3) is 3.90. The Morgan fingerprint density at radius 3 is 2.66 bits per heavy atom. The van der Waals surface area contributed by atoms with Crippen LogP contribution >= 0.6 is 0 Å². The van der Waals surface area contributed by atoms with Crippen molar-refractivity contribution in [3.05, 3.63) is 64.7 Å². The molecule has 8 heteroatoms. The lowest BCUT2D eigenvalue weighted by Crippen LogP contribution is -2.52. The second-order valence-electron chi connectivity index (χ2n) is 10.3. The number of imide groups is 1. The van der Waals surface area contributed by atoms with Crippen molar-refractivity contribution < 1.29 is 19.1 Å². The Kier molecular flexibility index (Phi) is 5.38. The molecule has 6 rings (SSSR count). The maximum Gasteiger partial charge on any atom is 0.255 e. The molecule has 2 fully saturated rings. The fraction of sp³-hybridized carbons (Fsp3) is 0.444. The highest BCUT2D eigenvalue weighted by molar-refractivity contribution is 6.05. The number of piperidine rings is 2. The van der Waals surface area contributed by atoms with Gasteiger partial charge >= 0.3 is 0 Å². The number of carbonyl (C=O) groups excluding carboxylic acids is 3. The predicted molar refractivity (Wildman–Crippen MR) is 128 cm³/mol. The average molecular weight is 475 g/mol. The molecule has 1 spiro atoms. The highest BCUT2D eigenvalue weighted by Crippen LogP contribution is 2.43. The first-order valence-electron chi connectivity index (χ1n) is 12.4.